The number of amides is 2. The molecule has 0 aromatic carbocycles. The van der Waals surface area contributed by atoms with Gasteiger partial charge in [-0.15, -0.1) is 0 Å². The van der Waals surface area contributed by atoms with E-state index in [0.717, 1.165) is 38.9 Å². The van der Waals surface area contributed by atoms with Gasteiger partial charge in [-0.2, -0.15) is 0 Å². The number of nitrogens with zero attached hydrogens (tertiary/aromatic N) is 2. The first-order valence-corrected chi connectivity index (χ1v) is 7.58. The Morgan fingerprint density at radius 2 is 2.05 bits per heavy atom. The quantitative estimate of drug-likeness (QED) is 0.806. The average molecular weight is 283 g/mol. The number of carbonyl (C=O) groups is 2. The maximum atomic E-state index is 12.2. The van der Waals surface area contributed by atoms with E-state index in [9.17, 15) is 9.59 Å². The first kappa shape index (κ1) is 15.1. The highest BCUT2D eigenvalue weighted by atomic mass is 16.4. The molecule has 2 saturated heterocycles. The number of likely N-dealkylation sites (N-methyl/N-ethyl adjacent to an activating group) is 1. The van der Waals surface area contributed by atoms with Crippen LogP contribution in [0.15, 0.2) is 0 Å². The van der Waals surface area contributed by atoms with Gasteiger partial charge in [-0.05, 0) is 38.3 Å². The molecule has 2 N–H and O–H groups in total. The SMILES string of the molecule is CCN1CCCC(NC(=O)N2CCC(CC(=O)O)C2)C1. The molecule has 0 aromatic heterocycles. The van der Waals surface area contributed by atoms with Crippen LogP contribution in [0, 0.1) is 5.92 Å². The number of carboxylic acid groups (broad SMARTS) is 1. The molecule has 2 heterocycles. The molecule has 2 atom stereocenters. The second kappa shape index (κ2) is 6.92. The molecule has 0 aromatic rings. The minimum atomic E-state index is -0.775. The van der Waals surface area contributed by atoms with E-state index in [1.54, 1.807) is 4.90 Å². The predicted molar refractivity (Wildman–Crippen MR) is 75.6 cm³/mol. The number of carboxylic acids is 1. The number of aliphatic carboxylic acids is 1. The summed E-state index contributed by atoms with van der Waals surface area (Å²) >= 11 is 0. The second-order valence-electron chi connectivity index (χ2n) is 5.88. The molecular formula is C14H25N3O3. The lowest BCUT2D eigenvalue weighted by atomic mass is 10.1. The maximum absolute atomic E-state index is 12.2. The van der Waals surface area contributed by atoms with Gasteiger partial charge in [0.1, 0.15) is 0 Å². The molecule has 6 nitrogen and oxygen atoms in total. The number of hydrogen-bond acceptors (Lipinski definition) is 3. The van der Waals surface area contributed by atoms with Crippen molar-refractivity contribution in [2.75, 3.05) is 32.7 Å². The molecule has 114 valence electrons. The van der Waals surface area contributed by atoms with Gasteiger partial charge in [0.05, 0.1) is 0 Å². The van der Waals surface area contributed by atoms with Crippen molar-refractivity contribution in [3.05, 3.63) is 0 Å². The topological polar surface area (TPSA) is 72.9 Å². The van der Waals surface area contributed by atoms with Crippen LogP contribution >= 0.6 is 0 Å². The van der Waals surface area contributed by atoms with Crippen molar-refractivity contribution in [3.8, 4) is 0 Å². The molecule has 0 spiro atoms. The number of hydrogen-bond donors (Lipinski definition) is 2. The molecule has 2 unspecified atom stereocenters. The van der Waals surface area contributed by atoms with Gasteiger partial charge in [0.15, 0.2) is 0 Å². The van der Waals surface area contributed by atoms with Crippen LogP contribution in [0.2, 0.25) is 0 Å². The Hall–Kier alpha value is -1.30. The van der Waals surface area contributed by atoms with Crippen molar-refractivity contribution in [1.29, 1.82) is 0 Å². The minimum Gasteiger partial charge on any atom is -0.481 e. The van der Waals surface area contributed by atoms with E-state index in [4.69, 9.17) is 5.11 Å². The summed E-state index contributed by atoms with van der Waals surface area (Å²) in [6.07, 6.45) is 3.12. The molecule has 0 aliphatic carbocycles. The van der Waals surface area contributed by atoms with Gasteiger partial charge in [-0.3, -0.25) is 4.79 Å². The number of nitrogens with one attached hydrogen (secondary N) is 1. The van der Waals surface area contributed by atoms with Crippen LogP contribution < -0.4 is 5.32 Å². The van der Waals surface area contributed by atoms with Crippen molar-refractivity contribution in [2.24, 2.45) is 5.92 Å². The largest absolute Gasteiger partial charge is 0.481 e. The van der Waals surface area contributed by atoms with E-state index in [2.05, 4.69) is 17.1 Å². The van der Waals surface area contributed by atoms with Gasteiger partial charge >= 0.3 is 12.0 Å². The smallest absolute Gasteiger partial charge is 0.317 e. The lowest BCUT2D eigenvalue weighted by Gasteiger charge is -2.33. The molecule has 2 aliphatic rings. The summed E-state index contributed by atoms with van der Waals surface area (Å²) in [5.41, 5.74) is 0. The molecular weight excluding hydrogens is 258 g/mol. The van der Waals surface area contributed by atoms with Crippen LogP contribution in [0.3, 0.4) is 0 Å². The van der Waals surface area contributed by atoms with E-state index < -0.39 is 5.97 Å². The zero-order chi connectivity index (χ0) is 14.5. The fraction of sp³-hybridized carbons (Fsp3) is 0.857. The van der Waals surface area contributed by atoms with E-state index in [0.29, 0.717) is 13.1 Å². The minimum absolute atomic E-state index is 0.0270. The molecule has 6 heteroatoms. The summed E-state index contributed by atoms with van der Waals surface area (Å²) < 4.78 is 0. The predicted octanol–water partition coefficient (Wildman–Crippen LogP) is 0.977. The Kier molecular flexibility index (Phi) is 5.23. The van der Waals surface area contributed by atoms with Gasteiger partial charge < -0.3 is 20.2 Å². The lowest BCUT2D eigenvalue weighted by Crippen LogP contribution is -2.51. The fourth-order valence-electron chi connectivity index (χ4n) is 3.16. The average Bonchev–Trinajstić information content (AvgIpc) is 2.86. The van der Waals surface area contributed by atoms with Crippen molar-refractivity contribution >= 4 is 12.0 Å². The van der Waals surface area contributed by atoms with Gasteiger partial charge in [0.25, 0.3) is 0 Å². The number of piperidine rings is 1. The fourth-order valence-corrected chi connectivity index (χ4v) is 3.16. The molecule has 0 bridgehead atoms. The number of likely N-dealkylation sites (tertiary alicyclic amines) is 2. The van der Waals surface area contributed by atoms with Crippen LogP contribution in [0.5, 0.6) is 0 Å². The first-order valence-electron chi connectivity index (χ1n) is 7.58. The third-order valence-electron chi connectivity index (χ3n) is 4.32. The molecule has 2 rings (SSSR count). The third-order valence-corrected chi connectivity index (χ3v) is 4.32. The third kappa shape index (κ3) is 4.10. The number of rotatable bonds is 4. The first-order chi connectivity index (χ1) is 9.58. The van der Waals surface area contributed by atoms with Gasteiger partial charge in [0.2, 0.25) is 0 Å². The zero-order valence-electron chi connectivity index (χ0n) is 12.2. The lowest BCUT2D eigenvalue weighted by molar-refractivity contribution is -0.138. The van der Waals surface area contributed by atoms with Crippen molar-refractivity contribution in [2.45, 2.75) is 38.6 Å². The summed E-state index contributed by atoms with van der Waals surface area (Å²) in [6.45, 7) is 6.45. The van der Waals surface area contributed by atoms with Crippen LogP contribution in [-0.4, -0.2) is 65.7 Å². The van der Waals surface area contributed by atoms with Crippen LogP contribution in [0.25, 0.3) is 0 Å². The standard InChI is InChI=1S/C14H25N3O3/c1-2-16-6-3-4-12(10-16)15-14(20)17-7-5-11(9-17)8-13(18)19/h11-12H,2-10H2,1H3,(H,15,20)(H,18,19). The summed E-state index contributed by atoms with van der Waals surface area (Å²) in [5, 5.41) is 11.9. The normalized spacial score (nSPS) is 27.6. The van der Waals surface area contributed by atoms with E-state index in [1.807, 2.05) is 0 Å². The van der Waals surface area contributed by atoms with Crippen molar-refractivity contribution in [3.63, 3.8) is 0 Å². The van der Waals surface area contributed by atoms with Crippen molar-refractivity contribution < 1.29 is 14.7 Å². The van der Waals surface area contributed by atoms with E-state index in [1.165, 1.54) is 0 Å². The summed E-state index contributed by atoms with van der Waals surface area (Å²) in [6, 6.07) is 0.204. The maximum Gasteiger partial charge on any atom is 0.317 e. The van der Waals surface area contributed by atoms with Gasteiger partial charge in [0, 0.05) is 32.1 Å². The molecule has 2 fully saturated rings. The van der Waals surface area contributed by atoms with Crippen LogP contribution in [-0.2, 0) is 4.79 Å². The molecule has 0 radical (unpaired) electrons. The monoisotopic (exact) mass is 283 g/mol. The number of carbonyl (C=O) groups excluding carboxylic acids is 1. The van der Waals surface area contributed by atoms with Crippen LogP contribution in [0.1, 0.15) is 32.6 Å². The Bertz CT molecular complexity index is 362. The Morgan fingerprint density at radius 1 is 1.25 bits per heavy atom. The van der Waals surface area contributed by atoms with Crippen molar-refractivity contribution in [1.82, 2.24) is 15.1 Å². The summed E-state index contributed by atoms with van der Waals surface area (Å²) in [7, 11) is 0. The summed E-state index contributed by atoms with van der Waals surface area (Å²) in [5.74, 6) is -0.667. The second-order valence-corrected chi connectivity index (χ2v) is 5.88. The Morgan fingerprint density at radius 3 is 2.75 bits per heavy atom. The molecule has 2 amide bonds. The molecule has 20 heavy (non-hydrogen) atoms. The highest BCUT2D eigenvalue weighted by molar-refractivity contribution is 5.75. The van der Waals surface area contributed by atoms with Gasteiger partial charge in [-0.25, -0.2) is 4.79 Å². The van der Waals surface area contributed by atoms with Crippen LogP contribution in [0.4, 0.5) is 4.79 Å². The highest BCUT2D eigenvalue weighted by Crippen LogP contribution is 2.20. The van der Waals surface area contributed by atoms with E-state index >= 15 is 0 Å². The highest BCUT2D eigenvalue weighted by Gasteiger charge is 2.29. The Balaban J connectivity index is 1.76. The number of urea groups is 1. The van der Waals surface area contributed by atoms with Gasteiger partial charge in [-0.1, -0.05) is 6.92 Å². The Labute approximate surface area is 120 Å². The molecule has 0 saturated carbocycles. The molecule has 2 aliphatic heterocycles. The summed E-state index contributed by atoms with van der Waals surface area (Å²) in [4.78, 5) is 27.0. The zero-order valence-corrected chi connectivity index (χ0v) is 12.2. The van der Waals surface area contributed by atoms with E-state index in [-0.39, 0.29) is 24.4 Å².